The molecule has 3 aromatic rings. The van der Waals surface area contributed by atoms with Crippen LogP contribution in [0, 0.1) is 0 Å². The van der Waals surface area contributed by atoms with Crippen molar-refractivity contribution in [3.63, 3.8) is 0 Å². The summed E-state index contributed by atoms with van der Waals surface area (Å²) in [6.07, 6.45) is -1.82. The molecule has 0 radical (unpaired) electrons. The summed E-state index contributed by atoms with van der Waals surface area (Å²) in [5, 5.41) is 21.7. The summed E-state index contributed by atoms with van der Waals surface area (Å²) >= 11 is 0. The Bertz CT molecular complexity index is 1620. The van der Waals surface area contributed by atoms with E-state index in [-0.39, 0.29) is 41.3 Å². The molecule has 1 aliphatic heterocycles. The zero-order chi connectivity index (χ0) is 32.5. The highest BCUT2D eigenvalue weighted by Gasteiger charge is 2.38. The third-order valence-electron chi connectivity index (χ3n) is 6.11. The number of piperidine rings is 1. The van der Waals surface area contributed by atoms with Gasteiger partial charge in [0.25, 0.3) is 11.8 Å². The second-order valence-corrected chi connectivity index (χ2v) is 11.1. The molecule has 13 nitrogen and oxygen atoms in total. The van der Waals surface area contributed by atoms with Gasteiger partial charge in [-0.2, -0.15) is 22.6 Å². The molecular formula is C27H27F3N6O7S. The highest BCUT2D eigenvalue weighted by atomic mass is 32.2. The van der Waals surface area contributed by atoms with Gasteiger partial charge in [-0.3, -0.25) is 19.5 Å². The van der Waals surface area contributed by atoms with Crippen LogP contribution in [0.15, 0.2) is 78.3 Å². The van der Waals surface area contributed by atoms with E-state index in [1.54, 1.807) is 42.5 Å². The maximum atomic E-state index is 13.1. The van der Waals surface area contributed by atoms with E-state index < -0.39 is 34.0 Å². The number of carbonyl (C=O) groups is 4. The summed E-state index contributed by atoms with van der Waals surface area (Å²) < 4.78 is 59.3. The van der Waals surface area contributed by atoms with Gasteiger partial charge in [-0.05, 0) is 49.2 Å². The van der Waals surface area contributed by atoms with Gasteiger partial charge in [0, 0.05) is 30.4 Å². The molecule has 1 aromatic heterocycles. The minimum Gasteiger partial charge on any atom is -0.475 e. The molecule has 1 aliphatic rings. The van der Waals surface area contributed by atoms with Crippen molar-refractivity contribution in [2.24, 2.45) is 0 Å². The number of sulfonamides is 1. The molecule has 1 fully saturated rings. The summed E-state index contributed by atoms with van der Waals surface area (Å²) in [4.78, 5) is 45.8. The standard InChI is InChI=1S/C25H26N6O5S.C2HF3O2/c1-2-22(32)27-19-9-6-10-20(15-19)37(35,36)31-13-11-18(12-14-31)28-25(34)23-21(16-26-30-23)29-24(33)17-7-4-3-5-8-17;3-2(4,5)1(6)7/h2-10,15-16,18H,1,11-14H2,(H,26,30)(H,27,32)(H,28,34)(H,29,33);(H,6,7). The van der Waals surface area contributed by atoms with Gasteiger partial charge < -0.3 is 21.1 Å². The third kappa shape index (κ3) is 8.98. The van der Waals surface area contributed by atoms with Crippen LogP contribution in [0.25, 0.3) is 0 Å². The van der Waals surface area contributed by atoms with Crippen LogP contribution in [0.5, 0.6) is 0 Å². The van der Waals surface area contributed by atoms with Crippen molar-refractivity contribution in [2.75, 3.05) is 23.7 Å². The lowest BCUT2D eigenvalue weighted by molar-refractivity contribution is -0.192. The summed E-state index contributed by atoms with van der Waals surface area (Å²) in [5.74, 6) is -4.02. The highest BCUT2D eigenvalue weighted by Crippen LogP contribution is 2.24. The average molecular weight is 637 g/mol. The van der Waals surface area contributed by atoms with E-state index >= 15 is 0 Å². The molecule has 0 spiro atoms. The molecule has 0 atom stereocenters. The smallest absolute Gasteiger partial charge is 0.475 e. The number of halogens is 3. The zero-order valence-corrected chi connectivity index (χ0v) is 23.6. The molecule has 1 saturated heterocycles. The Morgan fingerprint density at radius 2 is 1.64 bits per heavy atom. The number of aliphatic carboxylic acids is 1. The van der Waals surface area contributed by atoms with Crippen LogP contribution in [-0.4, -0.2) is 77.0 Å². The van der Waals surface area contributed by atoms with Crippen LogP contribution < -0.4 is 16.0 Å². The quantitative estimate of drug-likeness (QED) is 0.233. The van der Waals surface area contributed by atoms with E-state index in [4.69, 9.17) is 9.90 Å². The number of aromatic nitrogens is 2. The lowest BCUT2D eigenvalue weighted by atomic mass is 10.1. The number of alkyl halides is 3. The normalized spacial score (nSPS) is 14.0. The number of H-pyrrole nitrogens is 1. The van der Waals surface area contributed by atoms with Gasteiger partial charge in [-0.15, -0.1) is 0 Å². The first kappa shape index (κ1) is 33.5. The van der Waals surface area contributed by atoms with Crippen LogP contribution in [0.4, 0.5) is 24.5 Å². The minimum absolute atomic E-state index is 0.0631. The Labute approximate surface area is 249 Å². The van der Waals surface area contributed by atoms with Crippen molar-refractivity contribution in [3.05, 3.63) is 84.7 Å². The second kappa shape index (κ2) is 14.4. The maximum absolute atomic E-state index is 13.1. The van der Waals surface area contributed by atoms with Crippen LogP contribution in [0.3, 0.4) is 0 Å². The first-order valence-electron chi connectivity index (χ1n) is 12.8. The zero-order valence-electron chi connectivity index (χ0n) is 22.8. The van der Waals surface area contributed by atoms with Gasteiger partial charge in [0.2, 0.25) is 15.9 Å². The van der Waals surface area contributed by atoms with Gasteiger partial charge in [0.15, 0.2) is 0 Å². The van der Waals surface area contributed by atoms with Crippen molar-refractivity contribution in [1.29, 1.82) is 0 Å². The molecule has 2 heterocycles. The summed E-state index contributed by atoms with van der Waals surface area (Å²) in [5.41, 5.74) is 1.15. The SMILES string of the molecule is C=CC(=O)Nc1cccc(S(=O)(=O)N2CCC(NC(=O)c3[nH]ncc3NC(=O)c3ccccc3)CC2)c1.O=C(O)C(F)(F)F. The van der Waals surface area contributed by atoms with E-state index in [0.29, 0.717) is 24.1 Å². The lowest BCUT2D eigenvalue weighted by Gasteiger charge is -2.31. The molecule has 0 saturated carbocycles. The molecule has 4 rings (SSSR count). The largest absolute Gasteiger partial charge is 0.490 e. The Morgan fingerprint density at radius 1 is 1.00 bits per heavy atom. The Morgan fingerprint density at radius 3 is 2.23 bits per heavy atom. The fraction of sp³-hybridized carbons (Fsp3) is 0.222. The number of carboxylic acids is 1. The van der Waals surface area contributed by atoms with Gasteiger partial charge in [0.05, 0.1) is 16.8 Å². The first-order valence-corrected chi connectivity index (χ1v) is 14.2. The number of anilines is 2. The fourth-order valence-electron chi connectivity index (χ4n) is 3.91. The summed E-state index contributed by atoms with van der Waals surface area (Å²) in [6, 6.07) is 14.3. The maximum Gasteiger partial charge on any atom is 0.490 e. The van der Waals surface area contributed by atoms with Crippen LogP contribution in [-0.2, 0) is 19.6 Å². The number of carbonyl (C=O) groups excluding carboxylic acids is 3. The van der Waals surface area contributed by atoms with Gasteiger partial charge >= 0.3 is 12.1 Å². The van der Waals surface area contributed by atoms with Crippen molar-refractivity contribution in [2.45, 2.75) is 30.0 Å². The van der Waals surface area contributed by atoms with E-state index in [2.05, 4.69) is 32.7 Å². The number of nitrogens with one attached hydrogen (secondary N) is 4. The predicted molar refractivity (Wildman–Crippen MR) is 151 cm³/mol. The number of rotatable bonds is 8. The monoisotopic (exact) mass is 636 g/mol. The van der Waals surface area contributed by atoms with Crippen LogP contribution in [0.1, 0.15) is 33.7 Å². The molecule has 44 heavy (non-hydrogen) atoms. The topological polar surface area (TPSA) is 191 Å². The molecule has 234 valence electrons. The van der Waals surface area contributed by atoms with Crippen molar-refractivity contribution >= 4 is 45.1 Å². The molecule has 5 N–H and O–H groups in total. The number of hydrogen-bond donors (Lipinski definition) is 5. The fourth-order valence-corrected chi connectivity index (χ4v) is 5.43. The van der Waals surface area contributed by atoms with E-state index in [1.807, 2.05) is 0 Å². The van der Waals surface area contributed by atoms with E-state index in [1.165, 1.54) is 22.6 Å². The first-order chi connectivity index (χ1) is 20.7. The molecule has 0 unspecified atom stereocenters. The Kier molecular flexibility index (Phi) is 11.0. The van der Waals surface area contributed by atoms with Gasteiger partial charge in [-0.1, -0.05) is 30.8 Å². The predicted octanol–water partition coefficient (Wildman–Crippen LogP) is 3.00. The summed E-state index contributed by atoms with van der Waals surface area (Å²) in [6.45, 7) is 3.79. The number of nitrogens with zero attached hydrogens (tertiary/aromatic N) is 2. The van der Waals surface area contributed by atoms with Crippen LogP contribution >= 0.6 is 0 Å². The second-order valence-electron chi connectivity index (χ2n) is 9.15. The van der Waals surface area contributed by atoms with E-state index in [0.717, 1.165) is 6.08 Å². The number of amides is 3. The third-order valence-corrected chi connectivity index (χ3v) is 8.00. The molecular weight excluding hydrogens is 609 g/mol. The Balaban J connectivity index is 0.000000676. The van der Waals surface area contributed by atoms with Crippen molar-refractivity contribution < 1.29 is 45.9 Å². The number of hydrogen-bond acceptors (Lipinski definition) is 7. The minimum atomic E-state index is -5.08. The average Bonchev–Trinajstić information content (AvgIpc) is 3.46. The van der Waals surface area contributed by atoms with Crippen molar-refractivity contribution in [1.82, 2.24) is 19.8 Å². The van der Waals surface area contributed by atoms with Gasteiger partial charge in [0.1, 0.15) is 5.69 Å². The lowest BCUT2D eigenvalue weighted by Crippen LogP contribution is -2.46. The van der Waals surface area contributed by atoms with Crippen LogP contribution in [0.2, 0.25) is 0 Å². The number of benzene rings is 2. The molecule has 0 bridgehead atoms. The van der Waals surface area contributed by atoms with E-state index in [9.17, 15) is 36.0 Å². The highest BCUT2D eigenvalue weighted by molar-refractivity contribution is 7.89. The summed E-state index contributed by atoms with van der Waals surface area (Å²) in [7, 11) is -3.79. The van der Waals surface area contributed by atoms with Crippen molar-refractivity contribution in [3.8, 4) is 0 Å². The molecule has 2 aromatic carbocycles. The molecule has 3 amide bonds. The Hall–Kier alpha value is -5.03. The molecule has 0 aliphatic carbocycles. The number of aromatic amines is 1. The van der Waals surface area contributed by atoms with Gasteiger partial charge in [-0.25, -0.2) is 13.2 Å². The molecule has 17 heteroatoms. The number of carboxylic acid groups (broad SMARTS) is 1.